The number of allylic oxidation sites excluding steroid dienone is 2. The zero-order chi connectivity index (χ0) is 23.3. The number of benzene rings is 1. The number of pyridine rings is 1. The Hall–Kier alpha value is -2.95. The third-order valence-corrected chi connectivity index (χ3v) is 6.97. The Morgan fingerprint density at radius 1 is 1.15 bits per heavy atom. The maximum absolute atomic E-state index is 13.6. The first-order valence-electron chi connectivity index (χ1n) is 12.2. The predicted molar refractivity (Wildman–Crippen MR) is 131 cm³/mol. The Bertz CT molecular complexity index is 1000. The fourth-order valence-corrected chi connectivity index (χ4v) is 5.08. The lowest BCUT2D eigenvalue weighted by atomic mass is 9.78. The van der Waals surface area contributed by atoms with Crippen LogP contribution in [0, 0.1) is 17.3 Å². The molecule has 174 valence electrons. The first kappa shape index (κ1) is 23.2. The van der Waals surface area contributed by atoms with Gasteiger partial charge in [0.2, 0.25) is 11.8 Å². The summed E-state index contributed by atoms with van der Waals surface area (Å²) >= 11 is 0. The van der Waals surface area contributed by atoms with Crippen molar-refractivity contribution in [2.45, 2.75) is 46.0 Å². The zero-order valence-corrected chi connectivity index (χ0v) is 19.8. The summed E-state index contributed by atoms with van der Waals surface area (Å²) in [5.74, 6) is 0.705. The van der Waals surface area contributed by atoms with Gasteiger partial charge in [-0.05, 0) is 66.8 Å². The fourth-order valence-electron chi connectivity index (χ4n) is 5.08. The highest BCUT2D eigenvalue weighted by Gasteiger charge is 2.47. The van der Waals surface area contributed by atoms with E-state index in [1.807, 2.05) is 29.2 Å². The number of amides is 2. The van der Waals surface area contributed by atoms with Gasteiger partial charge in [-0.15, -0.1) is 0 Å². The fraction of sp³-hybridized carbons (Fsp3) is 0.464. The van der Waals surface area contributed by atoms with E-state index in [2.05, 4.69) is 48.4 Å². The van der Waals surface area contributed by atoms with Gasteiger partial charge < -0.3 is 10.2 Å². The minimum atomic E-state index is -0.613. The van der Waals surface area contributed by atoms with E-state index >= 15 is 0 Å². The topological polar surface area (TPSA) is 62.3 Å². The van der Waals surface area contributed by atoms with Crippen molar-refractivity contribution in [3.63, 3.8) is 0 Å². The van der Waals surface area contributed by atoms with Crippen molar-refractivity contribution in [1.82, 2.24) is 15.2 Å². The first-order chi connectivity index (χ1) is 16.0. The molecule has 1 fully saturated rings. The van der Waals surface area contributed by atoms with Gasteiger partial charge in [-0.25, -0.2) is 0 Å². The van der Waals surface area contributed by atoms with Crippen LogP contribution < -0.4 is 5.32 Å². The number of rotatable bonds is 7. The summed E-state index contributed by atoms with van der Waals surface area (Å²) in [4.78, 5) is 33.0. The Balaban J connectivity index is 1.61. The number of likely N-dealkylation sites (tertiary alicyclic amines) is 1. The third-order valence-electron chi connectivity index (χ3n) is 6.97. The van der Waals surface area contributed by atoms with E-state index in [0.717, 1.165) is 36.0 Å². The molecule has 5 nitrogen and oxygen atoms in total. The van der Waals surface area contributed by atoms with Crippen LogP contribution in [0.2, 0.25) is 0 Å². The SMILES string of the molecule is CC(C)CNC(=O)[C@@]1(Cc2ccccc2-c2ccncc2)CCN(C(=O)[C@H]2CC=CCC2)C1. The van der Waals surface area contributed by atoms with Crippen LogP contribution in [0.5, 0.6) is 0 Å². The van der Waals surface area contributed by atoms with Crippen LogP contribution in [-0.2, 0) is 16.0 Å². The molecule has 1 aromatic heterocycles. The van der Waals surface area contributed by atoms with Crippen LogP contribution in [0.15, 0.2) is 60.9 Å². The summed E-state index contributed by atoms with van der Waals surface area (Å²) in [5.41, 5.74) is 2.74. The van der Waals surface area contributed by atoms with Gasteiger partial charge >= 0.3 is 0 Å². The van der Waals surface area contributed by atoms with Crippen LogP contribution in [0.1, 0.15) is 45.1 Å². The van der Waals surface area contributed by atoms with Gasteiger partial charge in [0.05, 0.1) is 5.41 Å². The van der Waals surface area contributed by atoms with Crippen molar-refractivity contribution in [1.29, 1.82) is 0 Å². The smallest absolute Gasteiger partial charge is 0.228 e. The lowest BCUT2D eigenvalue weighted by Gasteiger charge is -2.31. The molecule has 1 N–H and O–H groups in total. The van der Waals surface area contributed by atoms with Crippen molar-refractivity contribution in [2.75, 3.05) is 19.6 Å². The predicted octanol–water partition coefficient (Wildman–Crippen LogP) is 4.64. The van der Waals surface area contributed by atoms with Crippen molar-refractivity contribution in [2.24, 2.45) is 17.3 Å². The number of aromatic nitrogens is 1. The molecule has 0 saturated carbocycles. The molecule has 2 atom stereocenters. The van der Waals surface area contributed by atoms with Gasteiger partial charge in [0.1, 0.15) is 0 Å². The van der Waals surface area contributed by atoms with Gasteiger partial charge in [-0.1, -0.05) is 50.3 Å². The average molecular weight is 446 g/mol. The molecular weight excluding hydrogens is 410 g/mol. The number of nitrogens with one attached hydrogen (secondary N) is 1. The molecule has 33 heavy (non-hydrogen) atoms. The van der Waals surface area contributed by atoms with Crippen LogP contribution in [0.25, 0.3) is 11.1 Å². The average Bonchev–Trinajstić information content (AvgIpc) is 3.28. The molecule has 0 spiro atoms. The molecule has 0 radical (unpaired) electrons. The number of carbonyl (C=O) groups excluding carboxylic acids is 2. The zero-order valence-electron chi connectivity index (χ0n) is 19.8. The van der Waals surface area contributed by atoms with Crippen LogP contribution >= 0.6 is 0 Å². The molecule has 1 saturated heterocycles. The summed E-state index contributed by atoms with van der Waals surface area (Å²) in [5, 5.41) is 3.19. The van der Waals surface area contributed by atoms with Gasteiger partial charge in [0, 0.05) is 37.9 Å². The minimum Gasteiger partial charge on any atom is -0.355 e. The van der Waals surface area contributed by atoms with E-state index in [0.29, 0.717) is 38.4 Å². The van der Waals surface area contributed by atoms with Crippen LogP contribution in [-0.4, -0.2) is 41.3 Å². The maximum atomic E-state index is 13.6. The van der Waals surface area contributed by atoms with E-state index in [-0.39, 0.29) is 17.7 Å². The number of hydrogen-bond donors (Lipinski definition) is 1. The van der Waals surface area contributed by atoms with Gasteiger partial charge in [-0.2, -0.15) is 0 Å². The van der Waals surface area contributed by atoms with E-state index in [9.17, 15) is 9.59 Å². The molecule has 2 aliphatic rings. The van der Waals surface area contributed by atoms with E-state index in [4.69, 9.17) is 0 Å². The van der Waals surface area contributed by atoms with Crippen LogP contribution in [0.4, 0.5) is 0 Å². The van der Waals surface area contributed by atoms with E-state index in [1.54, 1.807) is 12.4 Å². The summed E-state index contributed by atoms with van der Waals surface area (Å²) < 4.78 is 0. The van der Waals surface area contributed by atoms with Crippen molar-refractivity contribution in [3.8, 4) is 11.1 Å². The molecule has 1 aliphatic heterocycles. The Morgan fingerprint density at radius 2 is 1.94 bits per heavy atom. The molecule has 5 heteroatoms. The maximum Gasteiger partial charge on any atom is 0.228 e. The van der Waals surface area contributed by atoms with Crippen molar-refractivity contribution >= 4 is 11.8 Å². The quantitative estimate of drug-likeness (QED) is 0.632. The van der Waals surface area contributed by atoms with E-state index < -0.39 is 5.41 Å². The highest BCUT2D eigenvalue weighted by atomic mass is 16.2. The minimum absolute atomic E-state index is 0.0497. The summed E-state index contributed by atoms with van der Waals surface area (Å²) in [6, 6.07) is 12.3. The Morgan fingerprint density at radius 3 is 2.67 bits per heavy atom. The van der Waals surface area contributed by atoms with Gasteiger partial charge in [0.15, 0.2) is 0 Å². The Labute approximate surface area is 197 Å². The molecule has 1 aromatic carbocycles. The molecule has 4 rings (SSSR count). The lowest BCUT2D eigenvalue weighted by Crippen LogP contribution is -2.46. The second-order valence-corrected chi connectivity index (χ2v) is 9.95. The third kappa shape index (κ3) is 5.35. The summed E-state index contributed by atoms with van der Waals surface area (Å²) in [7, 11) is 0. The lowest BCUT2D eigenvalue weighted by molar-refractivity contribution is -0.136. The number of nitrogens with zero attached hydrogens (tertiary/aromatic N) is 2. The number of carbonyl (C=O) groups is 2. The highest BCUT2D eigenvalue weighted by molar-refractivity contribution is 5.87. The second kappa shape index (κ2) is 10.3. The molecule has 0 bridgehead atoms. The summed E-state index contributed by atoms with van der Waals surface area (Å²) in [6.45, 7) is 5.99. The second-order valence-electron chi connectivity index (χ2n) is 9.95. The monoisotopic (exact) mass is 445 g/mol. The van der Waals surface area contributed by atoms with Crippen molar-refractivity contribution in [3.05, 3.63) is 66.5 Å². The molecule has 2 heterocycles. The highest BCUT2D eigenvalue weighted by Crippen LogP contribution is 2.38. The summed E-state index contributed by atoms with van der Waals surface area (Å²) in [6.07, 6.45) is 11.9. The molecule has 0 unspecified atom stereocenters. The standard InChI is InChI=1S/C28H35N3O2/c1-21(2)19-30-27(33)28(14-17-31(20-28)26(32)23-8-4-3-5-9-23)18-24-10-6-7-11-25(24)22-12-15-29-16-13-22/h3-4,6-7,10-13,15-16,21,23H,5,8-9,14,17-20H2,1-2H3,(H,30,33)/t23-,28+/m0/s1. The van der Waals surface area contributed by atoms with Crippen LogP contribution in [0.3, 0.4) is 0 Å². The van der Waals surface area contributed by atoms with Crippen molar-refractivity contribution < 1.29 is 9.59 Å². The first-order valence-corrected chi connectivity index (χ1v) is 12.2. The van der Waals surface area contributed by atoms with E-state index in [1.165, 1.54) is 0 Å². The number of hydrogen-bond acceptors (Lipinski definition) is 3. The largest absolute Gasteiger partial charge is 0.355 e. The molecule has 1 aliphatic carbocycles. The molecule has 2 aromatic rings. The van der Waals surface area contributed by atoms with Gasteiger partial charge in [0.25, 0.3) is 0 Å². The normalized spacial score (nSPS) is 22.5. The molecular formula is C28H35N3O2. The van der Waals surface area contributed by atoms with Gasteiger partial charge in [-0.3, -0.25) is 14.6 Å². The Kier molecular flexibility index (Phi) is 7.26. The molecule has 2 amide bonds.